The van der Waals surface area contributed by atoms with Gasteiger partial charge in [-0.05, 0) is 51.6 Å². The molecule has 0 radical (unpaired) electrons. The molecule has 9 nitrogen and oxygen atoms in total. The lowest BCUT2D eigenvalue weighted by molar-refractivity contribution is 0.0469. The number of nitrogens with one attached hydrogen (secondary N) is 1. The molecule has 0 unspecified atom stereocenters. The molecule has 0 amide bonds. The van der Waals surface area contributed by atoms with Crippen molar-refractivity contribution in [2.24, 2.45) is 0 Å². The Bertz CT molecular complexity index is 1060. The van der Waals surface area contributed by atoms with Gasteiger partial charge in [0.05, 0.1) is 30.5 Å². The molecule has 0 saturated carbocycles. The Labute approximate surface area is 476 Å². The first-order valence-corrected chi connectivity index (χ1v) is 34.5. The van der Waals surface area contributed by atoms with Crippen molar-refractivity contribution in [2.45, 2.75) is 360 Å². The summed E-state index contributed by atoms with van der Waals surface area (Å²) in [5, 5.41) is 60.2. The fourth-order valence-corrected chi connectivity index (χ4v) is 11.4. The molecule has 76 heavy (non-hydrogen) atoms. The molecule has 0 aliphatic rings. The molecule has 0 aromatic rings. The summed E-state index contributed by atoms with van der Waals surface area (Å²) in [6.45, 7) is 19.4. The van der Waals surface area contributed by atoms with Gasteiger partial charge in [-0.1, -0.05) is 291 Å². The zero-order valence-electron chi connectivity index (χ0n) is 52.3. The van der Waals surface area contributed by atoms with Crippen molar-refractivity contribution in [2.75, 3.05) is 72.0 Å². The van der Waals surface area contributed by atoms with Gasteiger partial charge in [0.2, 0.25) is 0 Å². The van der Waals surface area contributed by atoms with Crippen LogP contribution in [0.1, 0.15) is 330 Å². The van der Waals surface area contributed by atoms with E-state index in [4.69, 9.17) is 0 Å². The van der Waals surface area contributed by atoms with Crippen molar-refractivity contribution in [3.05, 3.63) is 0 Å². The number of aliphatic hydroxyl groups excluding tert-OH is 5. The zero-order valence-corrected chi connectivity index (χ0v) is 52.3. The summed E-state index contributed by atoms with van der Waals surface area (Å²) in [5.41, 5.74) is 0. The minimum Gasteiger partial charge on any atom is -0.392 e. The third kappa shape index (κ3) is 55.5. The van der Waals surface area contributed by atoms with Gasteiger partial charge < -0.3 is 30.8 Å². The number of unbranched alkanes of at least 4 members (excludes halogenated alkanes) is 35. The number of rotatable bonds is 65. The molecule has 9 heteroatoms. The molecule has 0 saturated heterocycles. The topological polar surface area (TPSA) is 123 Å². The number of hydrogen-bond acceptors (Lipinski definition) is 9. The van der Waals surface area contributed by atoms with Gasteiger partial charge in [-0.15, -0.1) is 0 Å². The van der Waals surface area contributed by atoms with Gasteiger partial charge >= 0.3 is 0 Å². The maximum Gasteiger partial charge on any atom is 0.0667 e. The maximum absolute atomic E-state index is 11.6. The van der Waals surface area contributed by atoms with Gasteiger partial charge in [-0.2, -0.15) is 0 Å². The Morgan fingerprint density at radius 1 is 0.237 bits per heavy atom. The van der Waals surface area contributed by atoms with Gasteiger partial charge in [0, 0.05) is 58.9 Å². The van der Waals surface area contributed by atoms with E-state index in [0.717, 1.165) is 110 Å². The SMILES string of the molecule is CCCCCCCCCC[C@@H](O)CNCCN(CCCN(CCN(C[C@H](O)CCCCCCCCCC)C[C@H](O)CCCCCCCCCC)C[C@H](O)CCCCCCCCCC)C[C@H](O)CCCCCCCCCC. The van der Waals surface area contributed by atoms with Crippen LogP contribution in [-0.2, 0) is 0 Å². The summed E-state index contributed by atoms with van der Waals surface area (Å²) in [6, 6.07) is 0. The van der Waals surface area contributed by atoms with E-state index in [1.165, 1.54) is 225 Å². The number of nitrogens with zero attached hydrogens (tertiary/aromatic N) is 3. The lowest BCUT2D eigenvalue weighted by Crippen LogP contribution is -2.45. The van der Waals surface area contributed by atoms with E-state index >= 15 is 0 Å². The summed E-state index contributed by atoms with van der Waals surface area (Å²) in [7, 11) is 0. The first-order valence-electron chi connectivity index (χ1n) is 34.5. The minimum atomic E-state index is -0.401. The summed E-state index contributed by atoms with van der Waals surface area (Å²) in [4.78, 5) is 7.25. The molecule has 0 fully saturated rings. The third-order valence-electron chi connectivity index (χ3n) is 16.5. The van der Waals surface area contributed by atoms with Gasteiger partial charge in [-0.25, -0.2) is 0 Å². The first-order chi connectivity index (χ1) is 37.2. The van der Waals surface area contributed by atoms with E-state index in [-0.39, 0.29) is 18.3 Å². The predicted molar refractivity (Wildman–Crippen MR) is 333 cm³/mol. The quantitative estimate of drug-likeness (QED) is 0.0331. The molecule has 0 spiro atoms. The molecule has 6 N–H and O–H groups in total. The zero-order chi connectivity index (χ0) is 55.6. The Kier molecular flexibility index (Phi) is 60.4. The van der Waals surface area contributed by atoms with Crippen molar-refractivity contribution in [1.82, 2.24) is 20.0 Å². The van der Waals surface area contributed by atoms with E-state index in [9.17, 15) is 25.5 Å². The Morgan fingerprint density at radius 3 is 0.750 bits per heavy atom. The largest absolute Gasteiger partial charge is 0.392 e. The molecule has 0 aliphatic carbocycles. The predicted octanol–water partition coefficient (Wildman–Crippen LogP) is 16.3. The smallest absolute Gasteiger partial charge is 0.0667 e. The average Bonchev–Trinajstić information content (AvgIpc) is 3.40. The molecule has 0 aromatic carbocycles. The van der Waals surface area contributed by atoms with Crippen LogP contribution in [0.4, 0.5) is 0 Å². The molecule has 0 bridgehead atoms. The summed E-state index contributed by atoms with van der Waals surface area (Å²) in [6.07, 6.45) is 53.9. The van der Waals surface area contributed by atoms with Crippen molar-refractivity contribution in [3.63, 3.8) is 0 Å². The minimum absolute atomic E-state index is 0.316. The fraction of sp³-hybridized carbons (Fsp3) is 1.00. The maximum atomic E-state index is 11.6. The first kappa shape index (κ1) is 75.6. The molecule has 458 valence electrons. The van der Waals surface area contributed by atoms with E-state index in [1.54, 1.807) is 0 Å². The van der Waals surface area contributed by atoms with Crippen LogP contribution in [0.25, 0.3) is 0 Å². The Hall–Kier alpha value is -0.360. The fourth-order valence-electron chi connectivity index (χ4n) is 11.4. The lowest BCUT2D eigenvalue weighted by atomic mass is 10.0. The molecule has 5 atom stereocenters. The van der Waals surface area contributed by atoms with Crippen molar-refractivity contribution in [1.29, 1.82) is 0 Å². The highest BCUT2D eigenvalue weighted by molar-refractivity contribution is 4.75. The monoisotopic (exact) mass is 1080 g/mol. The third-order valence-corrected chi connectivity index (χ3v) is 16.5. The summed E-state index contributed by atoms with van der Waals surface area (Å²) in [5.74, 6) is 0. The van der Waals surface area contributed by atoms with E-state index in [0.29, 0.717) is 32.7 Å². The van der Waals surface area contributed by atoms with Crippen LogP contribution in [0.3, 0.4) is 0 Å². The van der Waals surface area contributed by atoms with Crippen LogP contribution >= 0.6 is 0 Å². The van der Waals surface area contributed by atoms with Crippen LogP contribution in [0.2, 0.25) is 0 Å². The van der Waals surface area contributed by atoms with Crippen LogP contribution in [0.5, 0.6) is 0 Å². The van der Waals surface area contributed by atoms with Crippen LogP contribution < -0.4 is 5.32 Å². The second-order valence-electron chi connectivity index (χ2n) is 24.5. The van der Waals surface area contributed by atoms with E-state index < -0.39 is 12.2 Å². The van der Waals surface area contributed by atoms with Gasteiger partial charge in [0.15, 0.2) is 0 Å². The Balaban J connectivity index is 5.84. The van der Waals surface area contributed by atoms with Crippen molar-refractivity contribution < 1.29 is 25.5 Å². The second kappa shape index (κ2) is 60.7. The van der Waals surface area contributed by atoms with Gasteiger partial charge in [0.1, 0.15) is 0 Å². The molecule has 0 rings (SSSR count). The molecular weight excluding hydrogens is 941 g/mol. The highest BCUT2D eigenvalue weighted by atomic mass is 16.3. The highest BCUT2D eigenvalue weighted by Gasteiger charge is 2.20. The summed E-state index contributed by atoms with van der Waals surface area (Å²) < 4.78 is 0. The highest BCUT2D eigenvalue weighted by Crippen LogP contribution is 2.17. The van der Waals surface area contributed by atoms with Crippen LogP contribution in [0.15, 0.2) is 0 Å². The van der Waals surface area contributed by atoms with Crippen molar-refractivity contribution >= 4 is 0 Å². The van der Waals surface area contributed by atoms with Crippen molar-refractivity contribution in [3.8, 4) is 0 Å². The molecule has 0 aromatic heterocycles. The van der Waals surface area contributed by atoms with Crippen LogP contribution in [0, 0.1) is 0 Å². The van der Waals surface area contributed by atoms with Gasteiger partial charge in [0.25, 0.3) is 0 Å². The molecule has 0 aliphatic heterocycles. The van der Waals surface area contributed by atoms with Gasteiger partial charge in [-0.3, -0.25) is 14.7 Å². The molecular formula is C67H140N4O5. The van der Waals surface area contributed by atoms with Crippen LogP contribution in [-0.4, -0.2) is 143 Å². The second-order valence-corrected chi connectivity index (χ2v) is 24.5. The average molecular weight is 1080 g/mol. The standard InChI is InChI=1S/C67H140N4O5/c1-6-11-16-21-26-31-36-41-47-63(72)58-68-52-55-69(59-64(73)48-42-37-32-27-22-17-12-7-2)53-46-54-70(60-65(74)49-43-38-33-28-23-18-13-8-3)56-57-71(61-66(75)50-44-39-34-29-24-19-14-9-4)62-67(76)51-45-40-35-30-25-20-15-10-5/h63-68,72-76H,6-62H2,1-5H3/t63-,64-,65-,66-,67-/m1/s1. The Morgan fingerprint density at radius 2 is 0.461 bits per heavy atom. The number of aliphatic hydroxyl groups is 5. The number of hydrogen-bond donors (Lipinski definition) is 6. The molecule has 0 heterocycles. The van der Waals surface area contributed by atoms with E-state index in [2.05, 4.69) is 54.6 Å². The van der Waals surface area contributed by atoms with E-state index in [1.807, 2.05) is 0 Å². The lowest BCUT2D eigenvalue weighted by Gasteiger charge is -2.32. The normalized spacial score (nSPS) is 14.2. The summed E-state index contributed by atoms with van der Waals surface area (Å²) >= 11 is 0.